The molecule has 0 bridgehead atoms. The number of aryl methyl sites for hydroxylation is 1. The summed E-state index contributed by atoms with van der Waals surface area (Å²) in [5.41, 5.74) is 3.40. The first-order chi connectivity index (χ1) is 12.5. The van der Waals surface area contributed by atoms with E-state index in [9.17, 15) is 9.90 Å². The third-order valence-corrected chi connectivity index (χ3v) is 4.40. The maximum absolute atomic E-state index is 11.9. The predicted octanol–water partition coefficient (Wildman–Crippen LogP) is 4.75. The van der Waals surface area contributed by atoms with Crippen LogP contribution in [0.2, 0.25) is 5.02 Å². The van der Waals surface area contributed by atoms with Crippen molar-refractivity contribution in [1.82, 2.24) is 14.8 Å². The minimum Gasteiger partial charge on any atom is -0.478 e. The predicted molar refractivity (Wildman–Crippen MR) is 101 cm³/mol. The van der Waals surface area contributed by atoms with Crippen LogP contribution in [0.1, 0.15) is 16.1 Å². The molecule has 4 aromatic rings. The maximum Gasteiger partial charge on any atom is 0.336 e. The summed E-state index contributed by atoms with van der Waals surface area (Å²) < 4.78 is 1.67. The lowest BCUT2D eigenvalue weighted by atomic mass is 10.1. The van der Waals surface area contributed by atoms with Gasteiger partial charge in [0.1, 0.15) is 0 Å². The lowest BCUT2D eigenvalue weighted by Gasteiger charge is -2.07. The van der Waals surface area contributed by atoms with Gasteiger partial charge in [0.15, 0.2) is 5.65 Å². The smallest absolute Gasteiger partial charge is 0.336 e. The Kier molecular flexibility index (Phi) is 3.93. The number of nitrogens with zero attached hydrogens (tertiary/aromatic N) is 3. The normalized spacial score (nSPS) is 11.0. The monoisotopic (exact) mass is 363 g/mol. The first-order valence-electron chi connectivity index (χ1n) is 7.99. The number of halogens is 1. The van der Waals surface area contributed by atoms with Crippen LogP contribution in [0.3, 0.4) is 0 Å². The molecule has 2 heterocycles. The molecule has 0 amide bonds. The molecule has 6 heteroatoms. The van der Waals surface area contributed by atoms with Gasteiger partial charge in [-0.25, -0.2) is 14.5 Å². The summed E-state index contributed by atoms with van der Waals surface area (Å²) in [5.74, 6) is -1.02. The summed E-state index contributed by atoms with van der Waals surface area (Å²) >= 11 is 6.08. The molecule has 2 aromatic heterocycles. The molecule has 0 radical (unpaired) electrons. The number of carboxylic acid groups (broad SMARTS) is 1. The molecule has 26 heavy (non-hydrogen) atoms. The van der Waals surface area contributed by atoms with E-state index in [-0.39, 0.29) is 5.56 Å². The van der Waals surface area contributed by atoms with Gasteiger partial charge in [-0.1, -0.05) is 41.9 Å². The lowest BCUT2D eigenvalue weighted by Crippen LogP contribution is -2.02. The summed E-state index contributed by atoms with van der Waals surface area (Å²) in [6.45, 7) is 1.79. The fraction of sp³-hybridized carbons (Fsp3) is 0.0500. The molecule has 2 aromatic carbocycles. The van der Waals surface area contributed by atoms with Crippen molar-refractivity contribution >= 4 is 28.6 Å². The number of carboxylic acids is 1. The summed E-state index contributed by atoms with van der Waals surface area (Å²) in [7, 11) is 0. The Balaban J connectivity index is 2.06. The van der Waals surface area contributed by atoms with E-state index in [1.165, 1.54) is 0 Å². The van der Waals surface area contributed by atoms with Crippen molar-refractivity contribution in [1.29, 1.82) is 0 Å². The summed E-state index contributed by atoms with van der Waals surface area (Å²) in [6.07, 6.45) is 0. The van der Waals surface area contributed by atoms with E-state index in [1.54, 1.807) is 29.8 Å². The Hall–Kier alpha value is -3.18. The molecule has 0 atom stereocenters. The molecule has 0 aliphatic rings. The van der Waals surface area contributed by atoms with Crippen LogP contribution in [0.5, 0.6) is 0 Å². The van der Waals surface area contributed by atoms with Gasteiger partial charge in [0.05, 0.1) is 28.0 Å². The first kappa shape index (κ1) is 16.3. The van der Waals surface area contributed by atoms with Crippen LogP contribution in [0.15, 0.2) is 60.7 Å². The molecule has 0 unspecified atom stereocenters. The van der Waals surface area contributed by atoms with E-state index in [0.29, 0.717) is 27.4 Å². The van der Waals surface area contributed by atoms with Crippen molar-refractivity contribution in [2.75, 3.05) is 0 Å². The molecule has 0 fully saturated rings. The van der Waals surface area contributed by atoms with Gasteiger partial charge in [-0.15, -0.1) is 0 Å². The minimum atomic E-state index is -1.02. The Morgan fingerprint density at radius 2 is 1.85 bits per heavy atom. The average molecular weight is 364 g/mol. The van der Waals surface area contributed by atoms with E-state index >= 15 is 0 Å². The molecular weight excluding hydrogens is 350 g/mol. The van der Waals surface area contributed by atoms with E-state index in [4.69, 9.17) is 16.6 Å². The zero-order valence-electron chi connectivity index (χ0n) is 13.8. The van der Waals surface area contributed by atoms with Gasteiger partial charge in [-0.2, -0.15) is 5.10 Å². The second kappa shape index (κ2) is 6.28. The zero-order valence-corrected chi connectivity index (χ0v) is 14.6. The Morgan fingerprint density at radius 1 is 1.08 bits per heavy atom. The molecule has 0 saturated carbocycles. The maximum atomic E-state index is 11.9. The average Bonchev–Trinajstić information content (AvgIpc) is 2.98. The van der Waals surface area contributed by atoms with Crippen LogP contribution < -0.4 is 0 Å². The highest BCUT2D eigenvalue weighted by Gasteiger charge is 2.20. The highest BCUT2D eigenvalue weighted by Crippen LogP contribution is 2.29. The topological polar surface area (TPSA) is 68.0 Å². The van der Waals surface area contributed by atoms with Gasteiger partial charge in [-0.3, -0.25) is 0 Å². The minimum absolute atomic E-state index is 0.171. The highest BCUT2D eigenvalue weighted by atomic mass is 35.5. The van der Waals surface area contributed by atoms with Crippen LogP contribution in [-0.2, 0) is 0 Å². The molecule has 1 N–H and O–H groups in total. The third-order valence-electron chi connectivity index (χ3n) is 4.16. The van der Waals surface area contributed by atoms with Gasteiger partial charge < -0.3 is 5.11 Å². The van der Waals surface area contributed by atoms with Crippen molar-refractivity contribution in [3.05, 3.63) is 76.9 Å². The van der Waals surface area contributed by atoms with Crippen molar-refractivity contribution in [3.63, 3.8) is 0 Å². The Labute approximate surface area is 154 Å². The molecule has 0 aliphatic carbocycles. The van der Waals surface area contributed by atoms with Crippen LogP contribution in [-0.4, -0.2) is 25.8 Å². The van der Waals surface area contributed by atoms with Crippen molar-refractivity contribution in [3.8, 4) is 16.9 Å². The zero-order chi connectivity index (χ0) is 18.3. The molecular formula is C20H14ClN3O2. The van der Waals surface area contributed by atoms with E-state index in [1.807, 2.05) is 42.5 Å². The van der Waals surface area contributed by atoms with Crippen molar-refractivity contribution < 1.29 is 9.90 Å². The van der Waals surface area contributed by atoms with Crippen LogP contribution in [0.4, 0.5) is 0 Å². The lowest BCUT2D eigenvalue weighted by molar-refractivity contribution is 0.0699. The molecule has 4 rings (SSSR count). The summed E-state index contributed by atoms with van der Waals surface area (Å²) in [6, 6.07) is 18.3. The second-order valence-electron chi connectivity index (χ2n) is 5.90. The van der Waals surface area contributed by atoms with Gasteiger partial charge in [0.25, 0.3) is 0 Å². The molecule has 5 nitrogen and oxygen atoms in total. The highest BCUT2D eigenvalue weighted by molar-refractivity contribution is 6.30. The Morgan fingerprint density at radius 3 is 2.54 bits per heavy atom. The number of para-hydroxylation sites is 1. The van der Waals surface area contributed by atoms with Gasteiger partial charge in [0.2, 0.25) is 0 Å². The fourth-order valence-electron chi connectivity index (χ4n) is 3.00. The quantitative estimate of drug-likeness (QED) is 0.570. The van der Waals surface area contributed by atoms with Crippen LogP contribution in [0.25, 0.3) is 28.0 Å². The van der Waals surface area contributed by atoms with Gasteiger partial charge >= 0.3 is 5.97 Å². The number of aromatic nitrogens is 3. The molecule has 0 saturated heterocycles. The second-order valence-corrected chi connectivity index (χ2v) is 6.34. The number of rotatable bonds is 3. The standard InChI is InChI=1S/C20H14ClN3O2/c1-12-18-16(20(25)26)11-17(13-6-5-7-14(21)10-13)22-19(18)24(23-12)15-8-3-2-4-9-15/h2-11H,1H3,(H,25,26). The summed E-state index contributed by atoms with van der Waals surface area (Å²) in [5, 5.41) is 15.3. The number of pyridine rings is 1. The van der Waals surface area contributed by atoms with Crippen molar-refractivity contribution in [2.45, 2.75) is 6.92 Å². The fourth-order valence-corrected chi connectivity index (χ4v) is 3.19. The third kappa shape index (κ3) is 2.72. The summed E-state index contributed by atoms with van der Waals surface area (Å²) in [4.78, 5) is 16.6. The Bertz CT molecular complexity index is 1140. The van der Waals surface area contributed by atoms with Gasteiger partial charge in [-0.05, 0) is 37.3 Å². The number of benzene rings is 2. The number of fused-ring (bicyclic) bond motifs is 1. The SMILES string of the molecule is Cc1nn(-c2ccccc2)c2nc(-c3cccc(Cl)c3)cc(C(=O)O)c12. The number of carbonyl (C=O) groups is 1. The van der Waals surface area contributed by atoms with Crippen molar-refractivity contribution in [2.24, 2.45) is 0 Å². The first-order valence-corrected chi connectivity index (χ1v) is 8.37. The van der Waals surface area contributed by atoms with E-state index in [2.05, 4.69) is 5.10 Å². The largest absolute Gasteiger partial charge is 0.478 e. The molecule has 0 spiro atoms. The number of aromatic carboxylic acids is 1. The number of hydrogen-bond acceptors (Lipinski definition) is 3. The molecule has 0 aliphatic heterocycles. The van der Waals surface area contributed by atoms with Crippen LogP contribution >= 0.6 is 11.6 Å². The molecule has 128 valence electrons. The number of hydrogen-bond donors (Lipinski definition) is 1. The van der Waals surface area contributed by atoms with Gasteiger partial charge in [0, 0.05) is 10.6 Å². The van der Waals surface area contributed by atoms with E-state index in [0.717, 1.165) is 11.3 Å². The van der Waals surface area contributed by atoms with Crippen LogP contribution in [0, 0.1) is 6.92 Å². The van der Waals surface area contributed by atoms with E-state index < -0.39 is 5.97 Å².